The van der Waals surface area contributed by atoms with Gasteiger partial charge in [0, 0.05) is 12.1 Å². The molecule has 0 spiro atoms. The summed E-state index contributed by atoms with van der Waals surface area (Å²) in [6.45, 7) is 5.03. The number of nitrogens with one attached hydrogen (secondary N) is 1. The fourth-order valence-corrected chi connectivity index (χ4v) is 2.12. The fraction of sp³-hybridized carbons (Fsp3) is 0.533. The maximum atomic E-state index is 13.1. The third-order valence-electron chi connectivity index (χ3n) is 3.24. The quantitative estimate of drug-likeness (QED) is 0.797. The average molecular weight is 266 g/mol. The smallest absolute Gasteiger partial charge is 0.251 e. The maximum Gasteiger partial charge on any atom is 0.251 e. The molecular formula is C15H23FN2O. The number of amides is 1. The Balaban J connectivity index is 2.56. The van der Waals surface area contributed by atoms with Crippen LogP contribution in [0.5, 0.6) is 0 Å². The third-order valence-corrected chi connectivity index (χ3v) is 3.24. The lowest BCUT2D eigenvalue weighted by molar-refractivity contribution is 0.0945. The number of rotatable bonds is 7. The SMILES string of the molecule is CCCC(CCN)CNC(=O)c1ccc(F)c(C)c1. The van der Waals surface area contributed by atoms with Crippen molar-refractivity contribution < 1.29 is 9.18 Å². The highest BCUT2D eigenvalue weighted by molar-refractivity contribution is 5.94. The molecule has 0 heterocycles. The van der Waals surface area contributed by atoms with Gasteiger partial charge in [-0.25, -0.2) is 4.39 Å². The monoisotopic (exact) mass is 266 g/mol. The van der Waals surface area contributed by atoms with E-state index in [0.717, 1.165) is 19.3 Å². The van der Waals surface area contributed by atoms with Crippen LogP contribution in [0.2, 0.25) is 0 Å². The molecule has 0 radical (unpaired) electrons. The number of nitrogens with two attached hydrogens (primary N) is 1. The van der Waals surface area contributed by atoms with Crippen LogP contribution in [0, 0.1) is 18.7 Å². The van der Waals surface area contributed by atoms with Crippen LogP contribution >= 0.6 is 0 Å². The molecule has 1 amide bonds. The molecule has 0 aliphatic heterocycles. The van der Waals surface area contributed by atoms with E-state index >= 15 is 0 Å². The molecule has 0 aromatic heterocycles. The zero-order valence-electron chi connectivity index (χ0n) is 11.7. The van der Waals surface area contributed by atoms with E-state index in [2.05, 4.69) is 12.2 Å². The Bertz CT molecular complexity index is 415. The van der Waals surface area contributed by atoms with Gasteiger partial charge in [-0.2, -0.15) is 0 Å². The highest BCUT2D eigenvalue weighted by Gasteiger charge is 2.11. The van der Waals surface area contributed by atoms with E-state index in [1.165, 1.54) is 12.1 Å². The predicted octanol–water partition coefficient (Wildman–Crippen LogP) is 2.63. The van der Waals surface area contributed by atoms with E-state index in [0.29, 0.717) is 30.1 Å². The van der Waals surface area contributed by atoms with Gasteiger partial charge in [-0.1, -0.05) is 13.3 Å². The van der Waals surface area contributed by atoms with Crippen molar-refractivity contribution in [2.75, 3.05) is 13.1 Å². The highest BCUT2D eigenvalue weighted by atomic mass is 19.1. The van der Waals surface area contributed by atoms with Gasteiger partial charge < -0.3 is 11.1 Å². The summed E-state index contributed by atoms with van der Waals surface area (Å²) in [4.78, 5) is 12.0. The molecule has 1 atom stereocenters. The van der Waals surface area contributed by atoms with Gasteiger partial charge >= 0.3 is 0 Å². The molecule has 3 N–H and O–H groups in total. The number of carbonyl (C=O) groups excluding carboxylic acids is 1. The second-order valence-electron chi connectivity index (χ2n) is 4.91. The van der Waals surface area contributed by atoms with Crippen LogP contribution < -0.4 is 11.1 Å². The van der Waals surface area contributed by atoms with Crippen LogP contribution in [-0.4, -0.2) is 19.0 Å². The van der Waals surface area contributed by atoms with E-state index < -0.39 is 0 Å². The number of hydrogen-bond donors (Lipinski definition) is 2. The average Bonchev–Trinajstić information content (AvgIpc) is 2.39. The molecule has 0 fully saturated rings. The zero-order chi connectivity index (χ0) is 14.3. The molecular weight excluding hydrogens is 243 g/mol. The number of aryl methyl sites for hydroxylation is 1. The van der Waals surface area contributed by atoms with Crippen molar-refractivity contribution in [1.29, 1.82) is 0 Å². The van der Waals surface area contributed by atoms with Crippen LogP contribution in [0.15, 0.2) is 18.2 Å². The van der Waals surface area contributed by atoms with Gasteiger partial charge in [-0.3, -0.25) is 4.79 Å². The van der Waals surface area contributed by atoms with E-state index in [1.807, 2.05) is 0 Å². The molecule has 1 aromatic carbocycles. The Morgan fingerprint density at radius 2 is 2.16 bits per heavy atom. The van der Waals surface area contributed by atoms with Crippen molar-refractivity contribution in [1.82, 2.24) is 5.32 Å². The van der Waals surface area contributed by atoms with Crippen molar-refractivity contribution in [3.8, 4) is 0 Å². The molecule has 0 aliphatic carbocycles. The first-order valence-corrected chi connectivity index (χ1v) is 6.82. The number of hydrogen-bond acceptors (Lipinski definition) is 2. The lowest BCUT2D eigenvalue weighted by Crippen LogP contribution is -2.30. The van der Waals surface area contributed by atoms with E-state index in [-0.39, 0.29) is 11.7 Å². The molecule has 3 nitrogen and oxygen atoms in total. The summed E-state index contributed by atoms with van der Waals surface area (Å²) in [5.74, 6) is -0.0229. The van der Waals surface area contributed by atoms with Gasteiger partial charge in [0.25, 0.3) is 5.91 Å². The first kappa shape index (κ1) is 15.6. The normalized spacial score (nSPS) is 12.2. The summed E-state index contributed by atoms with van der Waals surface area (Å²) in [6.07, 6.45) is 3.05. The Labute approximate surface area is 114 Å². The minimum Gasteiger partial charge on any atom is -0.352 e. The number of benzene rings is 1. The molecule has 4 heteroatoms. The fourth-order valence-electron chi connectivity index (χ4n) is 2.12. The Hall–Kier alpha value is -1.42. The molecule has 0 bridgehead atoms. The third kappa shape index (κ3) is 4.99. The van der Waals surface area contributed by atoms with Crippen LogP contribution in [0.3, 0.4) is 0 Å². The van der Waals surface area contributed by atoms with Gasteiger partial charge in [-0.05, 0) is 56.0 Å². The van der Waals surface area contributed by atoms with E-state index in [4.69, 9.17) is 5.73 Å². The predicted molar refractivity (Wildman–Crippen MR) is 75.5 cm³/mol. The van der Waals surface area contributed by atoms with Crippen LogP contribution in [0.25, 0.3) is 0 Å². The van der Waals surface area contributed by atoms with Gasteiger partial charge in [-0.15, -0.1) is 0 Å². The molecule has 1 rings (SSSR count). The van der Waals surface area contributed by atoms with Gasteiger partial charge in [0.2, 0.25) is 0 Å². The lowest BCUT2D eigenvalue weighted by Gasteiger charge is -2.16. The zero-order valence-corrected chi connectivity index (χ0v) is 11.7. The van der Waals surface area contributed by atoms with Crippen LogP contribution in [0.1, 0.15) is 42.1 Å². The minimum absolute atomic E-state index is 0.152. The van der Waals surface area contributed by atoms with E-state index in [1.54, 1.807) is 13.0 Å². The maximum absolute atomic E-state index is 13.1. The summed E-state index contributed by atoms with van der Waals surface area (Å²) < 4.78 is 13.1. The molecule has 19 heavy (non-hydrogen) atoms. The molecule has 0 saturated carbocycles. The van der Waals surface area contributed by atoms with Crippen molar-refractivity contribution >= 4 is 5.91 Å². The summed E-state index contributed by atoms with van der Waals surface area (Å²) in [5.41, 5.74) is 6.55. The largest absolute Gasteiger partial charge is 0.352 e. The second-order valence-corrected chi connectivity index (χ2v) is 4.91. The first-order chi connectivity index (χ1) is 9.08. The Morgan fingerprint density at radius 3 is 2.74 bits per heavy atom. The number of halogens is 1. The molecule has 1 aromatic rings. The second kappa shape index (κ2) is 7.89. The molecule has 1 unspecified atom stereocenters. The summed E-state index contributed by atoms with van der Waals surface area (Å²) in [6, 6.07) is 4.41. The molecule has 106 valence electrons. The van der Waals surface area contributed by atoms with Gasteiger partial charge in [0.15, 0.2) is 0 Å². The minimum atomic E-state index is -0.288. The van der Waals surface area contributed by atoms with E-state index in [9.17, 15) is 9.18 Å². The summed E-state index contributed by atoms with van der Waals surface area (Å²) >= 11 is 0. The Morgan fingerprint density at radius 1 is 1.42 bits per heavy atom. The molecule has 0 saturated heterocycles. The van der Waals surface area contributed by atoms with Crippen LogP contribution in [0.4, 0.5) is 4.39 Å². The highest BCUT2D eigenvalue weighted by Crippen LogP contribution is 2.11. The standard InChI is InChI=1S/C15H23FN2O/c1-3-4-12(7-8-17)10-18-15(19)13-5-6-14(16)11(2)9-13/h5-6,9,12H,3-4,7-8,10,17H2,1-2H3,(H,18,19). The number of carbonyl (C=O) groups is 1. The van der Waals surface area contributed by atoms with Crippen molar-refractivity contribution in [3.63, 3.8) is 0 Å². The van der Waals surface area contributed by atoms with Crippen molar-refractivity contribution in [2.24, 2.45) is 11.7 Å². The lowest BCUT2D eigenvalue weighted by atomic mass is 9.99. The topological polar surface area (TPSA) is 55.1 Å². The summed E-state index contributed by atoms with van der Waals surface area (Å²) in [7, 11) is 0. The summed E-state index contributed by atoms with van der Waals surface area (Å²) in [5, 5.41) is 2.90. The molecule has 0 aliphatic rings. The van der Waals surface area contributed by atoms with Gasteiger partial charge in [0.05, 0.1) is 0 Å². The van der Waals surface area contributed by atoms with Crippen molar-refractivity contribution in [2.45, 2.75) is 33.1 Å². The van der Waals surface area contributed by atoms with Crippen molar-refractivity contribution in [3.05, 3.63) is 35.1 Å². The first-order valence-electron chi connectivity index (χ1n) is 6.82. The van der Waals surface area contributed by atoms with Crippen LogP contribution in [-0.2, 0) is 0 Å². The Kier molecular flexibility index (Phi) is 6.50. The van der Waals surface area contributed by atoms with Gasteiger partial charge in [0.1, 0.15) is 5.82 Å².